The van der Waals surface area contributed by atoms with E-state index in [0.29, 0.717) is 18.4 Å². The third kappa shape index (κ3) is 3.75. The summed E-state index contributed by atoms with van der Waals surface area (Å²) in [6.45, 7) is 8.54. The number of fused-ring (bicyclic) bond motifs is 1. The maximum absolute atomic E-state index is 12.3. The molecular weight excluding hydrogens is 364 g/mol. The Labute approximate surface area is 170 Å². The molecule has 1 fully saturated rings. The fourth-order valence-electron chi connectivity index (χ4n) is 3.67. The van der Waals surface area contributed by atoms with Gasteiger partial charge in [-0.05, 0) is 42.2 Å². The monoisotopic (exact) mass is 390 g/mol. The van der Waals surface area contributed by atoms with Crippen LogP contribution in [0.4, 0.5) is 16.6 Å². The largest absolute Gasteiger partial charge is 0.447 e. The van der Waals surface area contributed by atoms with Gasteiger partial charge in [0.05, 0.1) is 12.1 Å². The van der Waals surface area contributed by atoms with Crippen LogP contribution in [0, 0.1) is 12.8 Å². The molecule has 0 aliphatic carbocycles. The number of hydrogen-bond acceptors (Lipinski definition) is 5. The van der Waals surface area contributed by atoms with Crippen LogP contribution in [-0.4, -0.2) is 28.7 Å². The zero-order chi connectivity index (χ0) is 20.5. The van der Waals surface area contributed by atoms with E-state index in [1.165, 1.54) is 10.8 Å². The first-order valence-corrected chi connectivity index (χ1v) is 9.99. The number of rotatable bonds is 5. The number of hydrogen-bond donors (Lipinski definition) is 1. The van der Waals surface area contributed by atoms with Gasteiger partial charge in [0.25, 0.3) is 0 Å². The molecule has 6 nitrogen and oxygen atoms in total. The summed E-state index contributed by atoms with van der Waals surface area (Å²) in [5.41, 5.74) is 1.99. The zero-order valence-electron chi connectivity index (χ0n) is 17.2. The molecule has 1 amide bonds. The second-order valence-electron chi connectivity index (χ2n) is 7.93. The predicted octanol–water partition coefficient (Wildman–Crippen LogP) is 5.09. The number of aromatic nitrogens is 2. The molecule has 0 saturated carbocycles. The number of nitrogens with one attached hydrogen (secondary N) is 1. The van der Waals surface area contributed by atoms with Gasteiger partial charge in [0, 0.05) is 11.8 Å². The fourth-order valence-corrected chi connectivity index (χ4v) is 3.67. The molecule has 2 aromatic carbocycles. The summed E-state index contributed by atoms with van der Waals surface area (Å²) in [5, 5.41) is 5.78. The Kier molecular flexibility index (Phi) is 5.09. The van der Waals surface area contributed by atoms with Gasteiger partial charge in [-0.25, -0.2) is 9.78 Å². The molecule has 2 heterocycles. The van der Waals surface area contributed by atoms with Crippen LogP contribution in [0.25, 0.3) is 10.8 Å². The van der Waals surface area contributed by atoms with Gasteiger partial charge in [-0.3, -0.25) is 4.90 Å². The number of amides is 1. The van der Waals surface area contributed by atoms with Crippen LogP contribution < -0.4 is 10.2 Å². The van der Waals surface area contributed by atoms with Crippen molar-refractivity contribution in [3.63, 3.8) is 0 Å². The van der Waals surface area contributed by atoms with Gasteiger partial charge in [-0.2, -0.15) is 4.98 Å². The van der Waals surface area contributed by atoms with Crippen molar-refractivity contribution >= 4 is 28.6 Å². The van der Waals surface area contributed by atoms with Crippen molar-refractivity contribution in [3.05, 3.63) is 59.8 Å². The molecule has 1 N–H and O–H groups in total. The maximum Gasteiger partial charge on any atom is 0.415 e. The van der Waals surface area contributed by atoms with Crippen molar-refractivity contribution in [2.75, 3.05) is 16.8 Å². The number of nitrogens with zero attached hydrogens (tertiary/aromatic N) is 3. The highest BCUT2D eigenvalue weighted by atomic mass is 16.6. The maximum atomic E-state index is 12.3. The SMILES string of the molecule is Cc1cnc(N[C@@H](C)c2ccc3ccccc3c2)nc1N1C(=O)OC[C@@H]1C(C)C. The molecular formula is C23H26N4O2. The van der Waals surface area contributed by atoms with Gasteiger partial charge in [0.2, 0.25) is 5.95 Å². The molecule has 0 bridgehead atoms. The van der Waals surface area contributed by atoms with E-state index in [1.54, 1.807) is 11.1 Å². The molecule has 1 aromatic heterocycles. The second-order valence-corrected chi connectivity index (χ2v) is 7.93. The van der Waals surface area contributed by atoms with E-state index in [1.807, 2.05) is 19.1 Å². The minimum atomic E-state index is -0.348. The van der Waals surface area contributed by atoms with Gasteiger partial charge in [0.1, 0.15) is 12.4 Å². The van der Waals surface area contributed by atoms with E-state index < -0.39 is 0 Å². The number of anilines is 2. The summed E-state index contributed by atoms with van der Waals surface area (Å²) in [4.78, 5) is 23.1. The Morgan fingerprint density at radius 3 is 2.66 bits per heavy atom. The first-order valence-electron chi connectivity index (χ1n) is 9.99. The molecule has 6 heteroatoms. The average Bonchev–Trinajstić information content (AvgIpc) is 3.10. The van der Waals surface area contributed by atoms with Crippen LogP contribution in [0.2, 0.25) is 0 Å². The number of cyclic esters (lactones) is 1. The number of carbonyl (C=O) groups is 1. The first-order chi connectivity index (χ1) is 13.9. The van der Waals surface area contributed by atoms with E-state index in [2.05, 4.69) is 66.4 Å². The lowest BCUT2D eigenvalue weighted by atomic mass is 10.0. The number of aryl methyl sites for hydroxylation is 1. The van der Waals surface area contributed by atoms with Crippen molar-refractivity contribution in [2.45, 2.75) is 39.8 Å². The molecule has 1 aliphatic rings. The molecule has 0 unspecified atom stereocenters. The van der Waals surface area contributed by atoms with Crippen molar-refractivity contribution in [3.8, 4) is 0 Å². The topological polar surface area (TPSA) is 67.4 Å². The molecule has 3 aromatic rings. The van der Waals surface area contributed by atoms with Gasteiger partial charge in [-0.15, -0.1) is 0 Å². The lowest BCUT2D eigenvalue weighted by molar-refractivity contribution is 0.177. The van der Waals surface area contributed by atoms with Crippen LogP contribution in [0.5, 0.6) is 0 Å². The smallest absolute Gasteiger partial charge is 0.415 e. The first kappa shape index (κ1) is 19.2. The van der Waals surface area contributed by atoms with Crippen molar-refractivity contribution in [1.29, 1.82) is 0 Å². The van der Waals surface area contributed by atoms with Gasteiger partial charge in [-0.1, -0.05) is 50.2 Å². The second kappa shape index (κ2) is 7.70. The van der Waals surface area contributed by atoms with Crippen molar-refractivity contribution in [2.24, 2.45) is 5.92 Å². The van der Waals surface area contributed by atoms with Crippen molar-refractivity contribution in [1.82, 2.24) is 9.97 Å². The van der Waals surface area contributed by atoms with Crippen LogP contribution in [0.15, 0.2) is 48.7 Å². The Bertz CT molecular complexity index is 1050. The van der Waals surface area contributed by atoms with Crippen LogP contribution in [0.1, 0.15) is 37.9 Å². The molecule has 4 rings (SSSR count). The lowest BCUT2D eigenvalue weighted by Gasteiger charge is -2.25. The third-order valence-electron chi connectivity index (χ3n) is 5.47. The average molecular weight is 390 g/mol. The van der Waals surface area contributed by atoms with Gasteiger partial charge in [0.15, 0.2) is 0 Å². The van der Waals surface area contributed by atoms with Crippen LogP contribution >= 0.6 is 0 Å². The van der Waals surface area contributed by atoms with Crippen LogP contribution in [-0.2, 0) is 4.74 Å². The van der Waals surface area contributed by atoms with E-state index in [9.17, 15) is 4.79 Å². The highest BCUT2D eigenvalue weighted by molar-refractivity contribution is 5.90. The third-order valence-corrected chi connectivity index (χ3v) is 5.47. The molecule has 2 atom stereocenters. The number of ether oxygens (including phenoxy) is 1. The number of benzene rings is 2. The molecule has 1 saturated heterocycles. The molecule has 0 spiro atoms. The van der Waals surface area contributed by atoms with E-state index in [0.717, 1.165) is 11.1 Å². The quantitative estimate of drug-likeness (QED) is 0.657. The summed E-state index contributed by atoms with van der Waals surface area (Å²) in [6.07, 6.45) is 1.40. The Morgan fingerprint density at radius 2 is 1.90 bits per heavy atom. The molecule has 1 aliphatic heterocycles. The molecule has 29 heavy (non-hydrogen) atoms. The summed E-state index contributed by atoms with van der Waals surface area (Å²) < 4.78 is 5.29. The minimum absolute atomic E-state index is 0.0154. The number of carbonyl (C=O) groups excluding carboxylic acids is 1. The normalized spacial score (nSPS) is 17.6. The van der Waals surface area contributed by atoms with E-state index in [4.69, 9.17) is 4.74 Å². The standard InChI is InChI=1S/C23H26N4O2/c1-14(2)20-13-29-23(28)27(20)21-15(3)12-24-22(26-21)25-16(4)18-10-9-17-7-5-6-8-19(17)11-18/h5-12,14,16,20H,13H2,1-4H3,(H,24,25,26)/t16-,20+/m0/s1. The Morgan fingerprint density at radius 1 is 1.14 bits per heavy atom. The molecule has 0 radical (unpaired) electrons. The zero-order valence-corrected chi connectivity index (χ0v) is 17.2. The Hall–Kier alpha value is -3.15. The summed E-state index contributed by atoms with van der Waals surface area (Å²) in [7, 11) is 0. The summed E-state index contributed by atoms with van der Waals surface area (Å²) in [6, 6.07) is 14.7. The van der Waals surface area contributed by atoms with Crippen LogP contribution in [0.3, 0.4) is 0 Å². The van der Waals surface area contributed by atoms with Crippen molar-refractivity contribution < 1.29 is 9.53 Å². The Balaban J connectivity index is 1.60. The summed E-state index contributed by atoms with van der Waals surface area (Å²) >= 11 is 0. The summed E-state index contributed by atoms with van der Waals surface area (Å²) in [5.74, 6) is 1.37. The van der Waals surface area contributed by atoms with Gasteiger partial charge < -0.3 is 10.1 Å². The van der Waals surface area contributed by atoms with E-state index in [-0.39, 0.29) is 24.1 Å². The molecule has 150 valence electrons. The predicted molar refractivity (Wildman–Crippen MR) is 115 cm³/mol. The minimum Gasteiger partial charge on any atom is -0.447 e. The highest BCUT2D eigenvalue weighted by Crippen LogP contribution is 2.29. The fraction of sp³-hybridized carbons (Fsp3) is 0.348. The van der Waals surface area contributed by atoms with E-state index >= 15 is 0 Å². The lowest BCUT2D eigenvalue weighted by Crippen LogP contribution is -2.38. The highest BCUT2D eigenvalue weighted by Gasteiger charge is 2.38. The van der Waals surface area contributed by atoms with Gasteiger partial charge >= 0.3 is 6.09 Å².